The van der Waals surface area contributed by atoms with E-state index >= 15 is 0 Å². The quantitative estimate of drug-likeness (QED) is 0.741. The number of alkyl halides is 1. The molecule has 88 valence electrons. The molecule has 1 saturated heterocycles. The van der Waals surface area contributed by atoms with Gasteiger partial charge in [0.2, 0.25) is 0 Å². The van der Waals surface area contributed by atoms with E-state index in [-0.39, 0.29) is 11.7 Å². The molecule has 0 aliphatic carbocycles. The Bertz CT molecular complexity index is 383. The van der Waals surface area contributed by atoms with E-state index in [0.717, 1.165) is 13.0 Å². The van der Waals surface area contributed by atoms with E-state index < -0.39 is 0 Å². The van der Waals surface area contributed by atoms with Crippen LogP contribution in [0.4, 0.5) is 10.2 Å². The highest BCUT2D eigenvalue weighted by Crippen LogP contribution is 2.30. The first-order valence-electron chi connectivity index (χ1n) is 5.59. The Labute approximate surface area is 100 Å². The topological polar surface area (TPSA) is 16.1 Å². The molecule has 2 unspecified atom stereocenters. The summed E-state index contributed by atoms with van der Waals surface area (Å²) >= 11 is 5.69. The van der Waals surface area contributed by atoms with Gasteiger partial charge in [0.05, 0.1) is 5.88 Å². The van der Waals surface area contributed by atoms with Crippen molar-refractivity contribution in [3.63, 3.8) is 0 Å². The molecule has 0 spiro atoms. The molecule has 0 aromatic carbocycles. The smallest absolute Gasteiger partial charge is 0.170 e. The second kappa shape index (κ2) is 4.58. The molecular weight excluding hydrogens is 227 g/mol. The third-order valence-electron chi connectivity index (χ3n) is 3.15. The number of anilines is 1. The lowest BCUT2D eigenvalue weighted by molar-refractivity contribution is 0.595. The van der Waals surface area contributed by atoms with Crippen LogP contribution in [0, 0.1) is 11.7 Å². The van der Waals surface area contributed by atoms with Crippen molar-refractivity contribution in [3.8, 4) is 0 Å². The van der Waals surface area contributed by atoms with Crippen LogP contribution in [0.3, 0.4) is 0 Å². The van der Waals surface area contributed by atoms with Gasteiger partial charge in [-0.1, -0.05) is 6.92 Å². The SMILES string of the molecule is CC1CC(C)N(c2nccc(CCl)c2F)C1. The summed E-state index contributed by atoms with van der Waals surface area (Å²) < 4.78 is 14.0. The Morgan fingerprint density at radius 3 is 2.88 bits per heavy atom. The minimum atomic E-state index is -0.265. The van der Waals surface area contributed by atoms with Gasteiger partial charge in [-0.25, -0.2) is 9.37 Å². The standard InChI is InChI=1S/C12H16ClFN2/c1-8-5-9(2)16(7-8)12-11(14)10(6-13)3-4-15-12/h3-4,8-9H,5-7H2,1-2H3. The van der Waals surface area contributed by atoms with Crippen molar-refractivity contribution in [1.29, 1.82) is 0 Å². The fourth-order valence-electron chi connectivity index (χ4n) is 2.37. The number of rotatable bonds is 2. The van der Waals surface area contributed by atoms with Crippen molar-refractivity contribution in [3.05, 3.63) is 23.6 Å². The number of pyridine rings is 1. The van der Waals surface area contributed by atoms with E-state index in [0.29, 0.717) is 23.3 Å². The molecule has 1 aliphatic rings. The molecule has 2 heterocycles. The van der Waals surface area contributed by atoms with Crippen LogP contribution in [-0.2, 0) is 5.88 Å². The molecule has 0 bridgehead atoms. The lowest BCUT2D eigenvalue weighted by Crippen LogP contribution is -2.28. The molecule has 4 heteroatoms. The van der Waals surface area contributed by atoms with E-state index in [4.69, 9.17) is 11.6 Å². The summed E-state index contributed by atoms with van der Waals surface area (Å²) in [5, 5.41) is 0. The van der Waals surface area contributed by atoms with Gasteiger partial charge in [0.25, 0.3) is 0 Å². The molecule has 0 saturated carbocycles. The third-order valence-corrected chi connectivity index (χ3v) is 3.44. The van der Waals surface area contributed by atoms with Gasteiger partial charge >= 0.3 is 0 Å². The molecule has 16 heavy (non-hydrogen) atoms. The van der Waals surface area contributed by atoms with Gasteiger partial charge in [0, 0.05) is 24.3 Å². The number of nitrogens with zero attached hydrogens (tertiary/aromatic N) is 2. The van der Waals surface area contributed by atoms with Gasteiger partial charge in [-0.3, -0.25) is 0 Å². The van der Waals surface area contributed by atoms with Gasteiger partial charge in [-0.15, -0.1) is 11.6 Å². The fraction of sp³-hybridized carbons (Fsp3) is 0.583. The summed E-state index contributed by atoms with van der Waals surface area (Å²) in [6, 6.07) is 1.98. The first kappa shape index (κ1) is 11.6. The second-order valence-corrected chi connectivity index (χ2v) is 4.85. The monoisotopic (exact) mass is 242 g/mol. The molecule has 1 fully saturated rings. The first-order valence-corrected chi connectivity index (χ1v) is 6.13. The summed E-state index contributed by atoms with van der Waals surface area (Å²) in [4.78, 5) is 6.18. The molecule has 1 aromatic heterocycles. The zero-order valence-corrected chi connectivity index (χ0v) is 10.3. The van der Waals surface area contributed by atoms with Gasteiger partial charge in [-0.2, -0.15) is 0 Å². The molecule has 0 amide bonds. The van der Waals surface area contributed by atoms with Gasteiger partial charge in [-0.05, 0) is 25.3 Å². The van der Waals surface area contributed by atoms with E-state index in [9.17, 15) is 4.39 Å². The minimum absolute atomic E-state index is 0.194. The Balaban J connectivity index is 2.33. The highest BCUT2D eigenvalue weighted by molar-refractivity contribution is 6.17. The van der Waals surface area contributed by atoms with E-state index in [1.165, 1.54) is 0 Å². The number of hydrogen-bond donors (Lipinski definition) is 0. The minimum Gasteiger partial charge on any atom is -0.351 e. The first-order chi connectivity index (χ1) is 7.63. The van der Waals surface area contributed by atoms with Crippen LogP contribution >= 0.6 is 11.6 Å². The van der Waals surface area contributed by atoms with Gasteiger partial charge < -0.3 is 4.90 Å². The molecular formula is C12H16ClFN2. The van der Waals surface area contributed by atoms with E-state index in [2.05, 4.69) is 18.8 Å². The predicted octanol–water partition coefficient (Wildman–Crippen LogP) is 3.19. The van der Waals surface area contributed by atoms with Crippen molar-refractivity contribution in [1.82, 2.24) is 4.98 Å². The van der Waals surface area contributed by atoms with Crippen molar-refractivity contribution in [2.45, 2.75) is 32.2 Å². The normalized spacial score (nSPS) is 25.1. The van der Waals surface area contributed by atoms with E-state index in [1.807, 2.05) is 4.90 Å². The molecule has 2 rings (SSSR count). The van der Waals surface area contributed by atoms with E-state index in [1.54, 1.807) is 12.3 Å². The van der Waals surface area contributed by atoms with Crippen LogP contribution in [0.2, 0.25) is 0 Å². The van der Waals surface area contributed by atoms with Gasteiger partial charge in [0.15, 0.2) is 11.6 Å². The lowest BCUT2D eigenvalue weighted by Gasteiger charge is -2.23. The average Bonchev–Trinajstić information content (AvgIpc) is 2.58. The maximum absolute atomic E-state index is 14.0. The molecule has 2 atom stereocenters. The van der Waals surface area contributed by atoms with Crippen molar-refractivity contribution < 1.29 is 4.39 Å². The van der Waals surface area contributed by atoms with Crippen LogP contribution < -0.4 is 4.90 Å². The summed E-state index contributed by atoms with van der Waals surface area (Å²) in [5.41, 5.74) is 0.526. The largest absolute Gasteiger partial charge is 0.351 e. The highest BCUT2D eigenvalue weighted by Gasteiger charge is 2.29. The zero-order valence-electron chi connectivity index (χ0n) is 9.58. The summed E-state index contributed by atoms with van der Waals surface area (Å²) in [6.07, 6.45) is 2.72. The third kappa shape index (κ3) is 2.01. The zero-order chi connectivity index (χ0) is 11.7. The maximum Gasteiger partial charge on any atom is 0.170 e. The summed E-state index contributed by atoms with van der Waals surface area (Å²) in [7, 11) is 0. The molecule has 1 aliphatic heterocycles. The summed E-state index contributed by atoms with van der Waals surface area (Å²) in [5.74, 6) is 0.975. The van der Waals surface area contributed by atoms with Gasteiger partial charge in [0.1, 0.15) is 0 Å². The molecule has 1 aromatic rings. The van der Waals surface area contributed by atoms with Crippen molar-refractivity contribution in [2.75, 3.05) is 11.4 Å². The Morgan fingerprint density at radius 2 is 2.31 bits per heavy atom. The maximum atomic E-state index is 14.0. The lowest BCUT2D eigenvalue weighted by atomic mass is 10.1. The summed E-state index contributed by atoms with van der Waals surface area (Å²) in [6.45, 7) is 5.16. The van der Waals surface area contributed by atoms with Crippen molar-refractivity contribution in [2.24, 2.45) is 5.92 Å². The Hall–Kier alpha value is -0.830. The predicted molar refractivity (Wildman–Crippen MR) is 64.3 cm³/mol. The van der Waals surface area contributed by atoms with Crippen LogP contribution in [-0.4, -0.2) is 17.6 Å². The number of aromatic nitrogens is 1. The molecule has 2 nitrogen and oxygen atoms in total. The van der Waals surface area contributed by atoms with Crippen LogP contribution in [0.5, 0.6) is 0 Å². The number of halogens is 2. The molecule has 0 N–H and O–H groups in total. The van der Waals surface area contributed by atoms with Crippen LogP contribution in [0.15, 0.2) is 12.3 Å². The Kier molecular flexibility index (Phi) is 3.33. The van der Waals surface area contributed by atoms with Crippen LogP contribution in [0.1, 0.15) is 25.8 Å². The second-order valence-electron chi connectivity index (χ2n) is 4.58. The molecule has 0 radical (unpaired) electrons. The van der Waals surface area contributed by atoms with Crippen molar-refractivity contribution >= 4 is 17.4 Å². The Morgan fingerprint density at radius 1 is 1.56 bits per heavy atom. The van der Waals surface area contributed by atoms with Crippen LogP contribution in [0.25, 0.3) is 0 Å². The average molecular weight is 243 g/mol. The fourth-order valence-corrected chi connectivity index (χ4v) is 2.58. The number of hydrogen-bond acceptors (Lipinski definition) is 2. The highest BCUT2D eigenvalue weighted by atomic mass is 35.5.